The van der Waals surface area contributed by atoms with E-state index in [0.717, 1.165) is 78.0 Å². The zero-order valence-corrected chi connectivity index (χ0v) is 18.6. The van der Waals surface area contributed by atoms with Gasteiger partial charge < -0.3 is 33.6 Å². The molecule has 0 amide bonds. The molecule has 17 heteroatoms. The van der Waals surface area contributed by atoms with Crippen molar-refractivity contribution in [3.05, 3.63) is 0 Å². The number of hydrogen-bond acceptors (Lipinski definition) is 14. The largest absolute Gasteiger partial charge is 2.00 e. The molecule has 29 heavy (non-hydrogen) atoms. The molecular weight excluding hydrogens is 491 g/mol. The van der Waals surface area contributed by atoms with E-state index in [-0.39, 0.29) is 17.1 Å². The molecule has 0 spiro atoms. The Kier molecular flexibility index (Phi) is 42.3. The van der Waals surface area contributed by atoms with E-state index in [0.29, 0.717) is 0 Å². The van der Waals surface area contributed by atoms with E-state index in [1.807, 2.05) is 0 Å². The molecule has 0 rings (SSSR count). The second-order valence-electron chi connectivity index (χ2n) is 4.82. The number of nitrogens with two attached hydrogens (primary N) is 4. The van der Waals surface area contributed by atoms with Gasteiger partial charge in [-0.3, -0.25) is 0 Å². The van der Waals surface area contributed by atoms with Crippen LogP contribution in [0.25, 0.3) is 0 Å². The predicted octanol–water partition coefficient (Wildman–Crippen LogP) is -11.0. The summed E-state index contributed by atoms with van der Waals surface area (Å²) in [7, 11) is -9.89. The van der Waals surface area contributed by atoms with Crippen LogP contribution in [0.4, 0.5) is 0 Å². The second kappa shape index (κ2) is 30.7. The molecule has 0 saturated carbocycles. The van der Waals surface area contributed by atoms with Gasteiger partial charge in [-0.2, -0.15) is 0 Å². The van der Waals surface area contributed by atoms with Crippen LogP contribution in [-0.2, 0) is 17.1 Å². The van der Waals surface area contributed by atoms with Gasteiger partial charge in [0.05, 0.1) is 0 Å². The number of nitrogens with one attached hydrogen (secondary N) is 2. The molecule has 0 aliphatic carbocycles. The first-order valence-corrected chi connectivity index (χ1v) is 10.8. The van der Waals surface area contributed by atoms with Gasteiger partial charge in [0.15, 0.2) is 0 Å². The summed E-state index contributed by atoms with van der Waals surface area (Å²) in [6, 6.07) is 0. The smallest absolute Gasteiger partial charge is 0.330 e. The number of halogens is 2. The number of hydrogen-bond donors (Lipinski definition) is 6. The molecule has 0 aromatic heterocycles. The van der Waals surface area contributed by atoms with E-state index in [1.54, 1.807) is 0 Å². The summed E-state index contributed by atoms with van der Waals surface area (Å²) in [5.41, 5.74) is 21.1. The zero-order valence-electron chi connectivity index (χ0n) is 16.1. The van der Waals surface area contributed by atoms with Gasteiger partial charge >= 0.3 is 17.1 Å². The predicted molar refractivity (Wildman–Crippen MR) is 80.4 cm³/mol. The zero-order chi connectivity index (χ0) is 22.9. The molecule has 0 aliphatic rings. The van der Waals surface area contributed by atoms with Crippen LogP contribution in [0.3, 0.4) is 0 Å². The van der Waals surface area contributed by atoms with Gasteiger partial charge in [-0.1, -0.05) is 0 Å². The maximum atomic E-state index is 8.49. The molecule has 14 nitrogen and oxygen atoms in total. The Labute approximate surface area is 186 Å². The Morgan fingerprint density at radius 3 is 0.690 bits per heavy atom. The molecule has 0 saturated heterocycles. The first-order valence-electron chi connectivity index (χ1n) is 8.28. The summed E-state index contributed by atoms with van der Waals surface area (Å²) in [5, 5.41) is 6.45. The van der Waals surface area contributed by atoms with Crippen molar-refractivity contribution in [3.63, 3.8) is 0 Å². The van der Waals surface area contributed by atoms with Gasteiger partial charge in [0.25, 0.3) is 0 Å². The fraction of sp³-hybridized carbons (Fsp3) is 1.00. The minimum Gasteiger partial charge on any atom is -0.330 e. The average Bonchev–Trinajstić information content (AvgIpc) is 2.52. The van der Waals surface area contributed by atoms with E-state index in [1.165, 1.54) is 0 Å². The fourth-order valence-corrected chi connectivity index (χ4v) is 1.16. The Bertz CT molecular complexity index is 232. The summed E-state index contributed by atoms with van der Waals surface area (Å²) in [6.07, 6.45) is 4.24. The van der Waals surface area contributed by atoms with E-state index in [4.69, 9.17) is 60.2 Å². The van der Waals surface area contributed by atoms with Crippen LogP contribution < -0.4 is 70.8 Å². The summed E-state index contributed by atoms with van der Waals surface area (Å²) in [4.78, 5) is 0. The van der Waals surface area contributed by atoms with Crippen molar-refractivity contribution in [2.24, 2.45) is 22.9 Å². The van der Waals surface area contributed by atoms with Gasteiger partial charge in [0, 0.05) is 0 Å². The maximum absolute atomic E-state index is 8.49. The van der Waals surface area contributed by atoms with E-state index in [2.05, 4.69) is 10.6 Å². The fourth-order valence-electron chi connectivity index (χ4n) is 1.16. The van der Waals surface area contributed by atoms with Crippen molar-refractivity contribution in [1.29, 1.82) is 0 Å². The van der Waals surface area contributed by atoms with Crippen molar-refractivity contribution in [2.75, 3.05) is 52.4 Å². The molecule has 0 aromatic carbocycles. The topological polar surface area (TPSA) is 313 Å². The summed E-state index contributed by atoms with van der Waals surface area (Å²) < 4.78 is 67.9. The molecule has 185 valence electrons. The van der Waals surface area contributed by atoms with Crippen molar-refractivity contribution in [2.45, 2.75) is 25.7 Å². The maximum Gasteiger partial charge on any atom is 2.00 e. The van der Waals surface area contributed by atoms with Crippen LogP contribution in [0.1, 0.15) is 25.7 Å². The minimum absolute atomic E-state index is 0. The Balaban J connectivity index is -0.0000000907. The van der Waals surface area contributed by atoms with Crippen LogP contribution in [0.5, 0.6) is 0 Å². The van der Waals surface area contributed by atoms with Crippen molar-refractivity contribution in [3.8, 4) is 0 Å². The minimum atomic E-state index is -4.94. The van der Waals surface area contributed by atoms with E-state index in [9.17, 15) is 0 Å². The Hall–Kier alpha value is 0.539. The SMILES string of the molecule is NCCCNCCCN.NCCCNCCCN.[Cu+2].[O-][Cl+3]([O-])([O-])[O-].[O-][Cl+3]([O-])([O-])[O-]. The molecule has 0 aliphatic heterocycles. The third-order valence-electron chi connectivity index (χ3n) is 2.23. The summed E-state index contributed by atoms with van der Waals surface area (Å²) in [5.74, 6) is 0. The van der Waals surface area contributed by atoms with Crippen LogP contribution >= 0.6 is 0 Å². The van der Waals surface area contributed by atoms with Crippen LogP contribution in [0.2, 0.25) is 0 Å². The van der Waals surface area contributed by atoms with Gasteiger partial charge in [0.1, 0.15) is 0 Å². The Morgan fingerprint density at radius 2 is 0.586 bits per heavy atom. The van der Waals surface area contributed by atoms with Gasteiger partial charge in [-0.25, -0.2) is 37.3 Å². The first-order chi connectivity index (χ1) is 12.8. The van der Waals surface area contributed by atoms with Crippen LogP contribution in [0.15, 0.2) is 0 Å². The quantitative estimate of drug-likeness (QED) is 0.102. The second-order valence-corrected chi connectivity index (χ2v) is 6.34. The molecule has 0 atom stereocenters. The van der Waals surface area contributed by atoms with Crippen LogP contribution in [0, 0.1) is 20.5 Å². The van der Waals surface area contributed by atoms with Gasteiger partial charge in [-0.15, -0.1) is 20.5 Å². The van der Waals surface area contributed by atoms with Gasteiger partial charge in [-0.05, 0) is 78.0 Å². The molecule has 10 N–H and O–H groups in total. The molecule has 0 aromatic rings. The van der Waals surface area contributed by atoms with Crippen molar-refractivity contribution < 1.29 is 74.8 Å². The molecule has 0 bridgehead atoms. The Morgan fingerprint density at radius 1 is 0.448 bits per heavy atom. The molecule has 0 unspecified atom stereocenters. The first kappa shape index (κ1) is 40.0. The molecule has 1 radical (unpaired) electrons. The van der Waals surface area contributed by atoms with Crippen molar-refractivity contribution >= 4 is 0 Å². The third kappa shape index (κ3) is 128. The van der Waals surface area contributed by atoms with Gasteiger partial charge in [0.2, 0.25) is 0 Å². The normalized spacial score (nSPS) is 10.3. The van der Waals surface area contributed by atoms with E-state index >= 15 is 0 Å². The third-order valence-corrected chi connectivity index (χ3v) is 2.23. The van der Waals surface area contributed by atoms with E-state index < -0.39 is 20.5 Å². The van der Waals surface area contributed by atoms with Crippen molar-refractivity contribution in [1.82, 2.24) is 10.6 Å². The monoisotopic (exact) mass is 523 g/mol. The summed E-state index contributed by atoms with van der Waals surface area (Å²) >= 11 is 0. The molecule has 0 fully saturated rings. The molecule has 0 heterocycles. The molecular formula is C12H34Cl2CuN6O8. The standard InChI is InChI=1S/2C6H17N3.2ClHO4.Cu/c2*7-3-1-5-9-6-2-4-8;2*2-1(3,4)5;/h2*9H,1-8H2;2*(H,2,3,4,5);/q;;;;+2/p-2. The van der Waals surface area contributed by atoms with Crippen LogP contribution in [-0.4, -0.2) is 52.4 Å². The summed E-state index contributed by atoms with van der Waals surface area (Å²) in [6.45, 7) is 7.19. The average molecular weight is 525 g/mol. The number of rotatable bonds is 12.